The Morgan fingerprint density at radius 3 is 2.95 bits per heavy atom. The molecule has 2 unspecified atom stereocenters. The number of aliphatic carboxylic acids is 1. The fourth-order valence-electron chi connectivity index (χ4n) is 3.60. The smallest absolute Gasteiger partial charge is 0.306 e. The van der Waals surface area contributed by atoms with E-state index >= 15 is 0 Å². The number of benzene rings is 1. The van der Waals surface area contributed by atoms with E-state index in [0.29, 0.717) is 0 Å². The molecule has 1 aromatic carbocycles. The minimum absolute atomic E-state index is 0.195. The van der Waals surface area contributed by atoms with Crippen molar-refractivity contribution in [1.82, 2.24) is 9.55 Å². The lowest BCUT2D eigenvalue weighted by atomic mass is 9.93. The van der Waals surface area contributed by atoms with Crippen LogP contribution in [0.5, 0.6) is 0 Å². The number of hydrogen-bond donors (Lipinski definition) is 1. The lowest BCUT2D eigenvalue weighted by molar-refractivity contribution is -0.142. The highest BCUT2D eigenvalue weighted by Gasteiger charge is 2.33. The first kappa shape index (κ1) is 14.1. The topological polar surface area (TPSA) is 55.1 Å². The first-order valence-electron chi connectivity index (χ1n) is 7.87. The van der Waals surface area contributed by atoms with E-state index < -0.39 is 5.97 Å². The third-order valence-corrected chi connectivity index (χ3v) is 4.60. The number of hydrogen-bond acceptors (Lipinski definition) is 2. The Bertz CT molecular complexity index is 647. The molecule has 4 heteroatoms. The molecule has 2 atom stereocenters. The molecule has 1 aliphatic carbocycles. The first-order chi connectivity index (χ1) is 10.2. The van der Waals surface area contributed by atoms with Gasteiger partial charge in [-0.05, 0) is 37.3 Å². The highest BCUT2D eigenvalue weighted by atomic mass is 16.4. The highest BCUT2D eigenvalue weighted by molar-refractivity contribution is 5.76. The van der Waals surface area contributed by atoms with Gasteiger partial charge in [0.05, 0.1) is 17.0 Å². The lowest BCUT2D eigenvalue weighted by Crippen LogP contribution is -2.21. The summed E-state index contributed by atoms with van der Waals surface area (Å²) in [5.41, 5.74) is 2.19. The van der Waals surface area contributed by atoms with Gasteiger partial charge in [-0.25, -0.2) is 4.98 Å². The van der Waals surface area contributed by atoms with Crippen LogP contribution in [-0.2, 0) is 17.8 Å². The van der Waals surface area contributed by atoms with Gasteiger partial charge in [0.1, 0.15) is 5.82 Å². The molecule has 1 N–H and O–H groups in total. The average Bonchev–Trinajstić information content (AvgIpc) is 3.05. The van der Waals surface area contributed by atoms with Crippen molar-refractivity contribution in [3.8, 4) is 0 Å². The Balaban J connectivity index is 1.92. The van der Waals surface area contributed by atoms with Crippen molar-refractivity contribution in [2.75, 3.05) is 0 Å². The van der Waals surface area contributed by atoms with E-state index in [1.165, 1.54) is 5.52 Å². The molecular weight excluding hydrogens is 264 g/mol. The van der Waals surface area contributed by atoms with E-state index in [9.17, 15) is 9.90 Å². The normalized spacial score (nSPS) is 22.0. The van der Waals surface area contributed by atoms with Crippen molar-refractivity contribution in [3.05, 3.63) is 30.1 Å². The molecule has 21 heavy (non-hydrogen) atoms. The molecule has 3 rings (SSSR count). The van der Waals surface area contributed by atoms with Crippen molar-refractivity contribution >= 4 is 17.0 Å². The van der Waals surface area contributed by atoms with Crippen molar-refractivity contribution in [2.24, 2.45) is 11.8 Å². The van der Waals surface area contributed by atoms with Gasteiger partial charge < -0.3 is 9.67 Å². The summed E-state index contributed by atoms with van der Waals surface area (Å²) in [4.78, 5) is 16.1. The van der Waals surface area contributed by atoms with Crippen LogP contribution in [-0.4, -0.2) is 20.6 Å². The highest BCUT2D eigenvalue weighted by Crippen LogP contribution is 2.34. The monoisotopic (exact) mass is 286 g/mol. The van der Waals surface area contributed by atoms with E-state index in [1.807, 2.05) is 18.2 Å². The molecule has 1 aliphatic rings. The Morgan fingerprint density at radius 1 is 1.38 bits per heavy atom. The van der Waals surface area contributed by atoms with E-state index in [0.717, 1.165) is 50.0 Å². The Kier molecular flexibility index (Phi) is 3.95. The average molecular weight is 286 g/mol. The maximum atomic E-state index is 11.4. The number of nitrogens with zero attached hydrogens (tertiary/aromatic N) is 2. The van der Waals surface area contributed by atoms with Gasteiger partial charge >= 0.3 is 5.97 Å². The Morgan fingerprint density at radius 2 is 2.19 bits per heavy atom. The summed E-state index contributed by atoms with van der Waals surface area (Å²) in [6.45, 7) is 3.11. The second kappa shape index (κ2) is 5.88. The molecule has 1 heterocycles. The first-order valence-corrected chi connectivity index (χ1v) is 7.87. The zero-order valence-electron chi connectivity index (χ0n) is 12.5. The minimum Gasteiger partial charge on any atom is -0.481 e. The fourth-order valence-corrected chi connectivity index (χ4v) is 3.60. The fraction of sp³-hybridized carbons (Fsp3) is 0.529. The molecule has 1 saturated carbocycles. The summed E-state index contributed by atoms with van der Waals surface area (Å²) >= 11 is 0. The number of aryl methyl sites for hydroxylation is 1. The quantitative estimate of drug-likeness (QED) is 0.915. The van der Waals surface area contributed by atoms with Crippen LogP contribution in [0.3, 0.4) is 0 Å². The molecule has 1 fully saturated rings. The summed E-state index contributed by atoms with van der Waals surface area (Å²) in [5.74, 6) is 0.446. The second-order valence-corrected chi connectivity index (χ2v) is 6.01. The van der Waals surface area contributed by atoms with Crippen molar-refractivity contribution in [2.45, 2.75) is 45.6 Å². The van der Waals surface area contributed by atoms with Gasteiger partial charge in [0.15, 0.2) is 0 Å². The van der Waals surface area contributed by atoms with Gasteiger partial charge in [0.25, 0.3) is 0 Å². The minimum atomic E-state index is -0.643. The summed E-state index contributed by atoms with van der Waals surface area (Å²) in [6.07, 6.45) is 4.68. The van der Waals surface area contributed by atoms with Gasteiger partial charge in [-0.1, -0.05) is 25.5 Å². The Labute approximate surface area is 124 Å². The SMILES string of the molecule is CCCn1c(CC2CCCC2C(=O)O)nc2ccccc21. The molecule has 4 nitrogen and oxygen atoms in total. The van der Waals surface area contributed by atoms with Crippen LogP contribution in [0.1, 0.15) is 38.4 Å². The maximum absolute atomic E-state index is 11.4. The molecule has 0 spiro atoms. The zero-order chi connectivity index (χ0) is 14.8. The predicted molar refractivity (Wildman–Crippen MR) is 82.2 cm³/mol. The summed E-state index contributed by atoms with van der Waals surface area (Å²) in [6, 6.07) is 8.18. The van der Waals surface area contributed by atoms with Crippen LogP contribution in [0.2, 0.25) is 0 Å². The van der Waals surface area contributed by atoms with Gasteiger partial charge in [-0.15, -0.1) is 0 Å². The number of carbonyl (C=O) groups is 1. The number of rotatable bonds is 5. The van der Waals surface area contributed by atoms with Gasteiger partial charge in [-0.2, -0.15) is 0 Å². The number of aromatic nitrogens is 2. The second-order valence-electron chi connectivity index (χ2n) is 6.01. The van der Waals surface area contributed by atoms with E-state index in [4.69, 9.17) is 4.98 Å². The van der Waals surface area contributed by atoms with Gasteiger partial charge in [0.2, 0.25) is 0 Å². The summed E-state index contributed by atoms with van der Waals surface area (Å²) in [7, 11) is 0. The molecule has 0 saturated heterocycles. The van der Waals surface area contributed by atoms with Crippen LogP contribution in [0, 0.1) is 11.8 Å². The van der Waals surface area contributed by atoms with E-state index in [1.54, 1.807) is 0 Å². The molecular formula is C17H22N2O2. The van der Waals surface area contributed by atoms with Crippen molar-refractivity contribution < 1.29 is 9.90 Å². The summed E-state index contributed by atoms with van der Waals surface area (Å²) < 4.78 is 2.27. The predicted octanol–water partition coefficient (Wildman–Crippen LogP) is 3.49. The summed E-state index contributed by atoms with van der Waals surface area (Å²) in [5, 5.41) is 9.35. The zero-order valence-corrected chi connectivity index (χ0v) is 12.5. The largest absolute Gasteiger partial charge is 0.481 e. The third kappa shape index (κ3) is 2.67. The van der Waals surface area contributed by atoms with Crippen molar-refractivity contribution in [3.63, 3.8) is 0 Å². The lowest BCUT2D eigenvalue weighted by Gasteiger charge is -2.16. The third-order valence-electron chi connectivity index (χ3n) is 4.60. The molecule has 0 radical (unpaired) electrons. The van der Waals surface area contributed by atoms with Crippen LogP contribution in [0.15, 0.2) is 24.3 Å². The number of para-hydroxylation sites is 2. The van der Waals surface area contributed by atoms with Crippen LogP contribution >= 0.6 is 0 Å². The molecule has 0 aliphatic heterocycles. The van der Waals surface area contributed by atoms with Gasteiger partial charge in [0, 0.05) is 13.0 Å². The van der Waals surface area contributed by atoms with Gasteiger partial charge in [-0.3, -0.25) is 4.79 Å². The molecule has 1 aromatic heterocycles. The number of fused-ring (bicyclic) bond motifs is 1. The number of carboxylic acid groups (broad SMARTS) is 1. The maximum Gasteiger partial charge on any atom is 0.306 e. The number of carboxylic acids is 1. The molecule has 0 bridgehead atoms. The molecule has 112 valence electrons. The molecule has 2 aromatic rings. The molecule has 0 amide bonds. The van der Waals surface area contributed by atoms with Crippen LogP contribution in [0.25, 0.3) is 11.0 Å². The Hall–Kier alpha value is -1.84. The van der Waals surface area contributed by atoms with E-state index in [-0.39, 0.29) is 11.8 Å². The standard InChI is InChI=1S/C17H22N2O2/c1-2-10-19-15-9-4-3-8-14(15)18-16(19)11-12-6-5-7-13(12)17(20)21/h3-4,8-9,12-13H,2,5-7,10-11H2,1H3,(H,20,21). The number of imidazole rings is 1. The van der Waals surface area contributed by atoms with Crippen LogP contribution < -0.4 is 0 Å². The van der Waals surface area contributed by atoms with E-state index in [2.05, 4.69) is 17.6 Å². The van der Waals surface area contributed by atoms with Crippen LogP contribution in [0.4, 0.5) is 0 Å². The van der Waals surface area contributed by atoms with Crippen molar-refractivity contribution in [1.29, 1.82) is 0 Å².